The quantitative estimate of drug-likeness (QED) is 0.599. The van der Waals surface area contributed by atoms with Crippen molar-refractivity contribution in [2.24, 2.45) is 0 Å². The van der Waals surface area contributed by atoms with E-state index < -0.39 is 32.9 Å². The molecule has 0 aromatic heterocycles. The van der Waals surface area contributed by atoms with Gasteiger partial charge in [-0.05, 0) is 0 Å². The van der Waals surface area contributed by atoms with Crippen LogP contribution >= 0.6 is 11.5 Å². The molecule has 0 saturated carbocycles. The molecular weight excluding hydrogens is 331 g/mol. The second-order valence-corrected chi connectivity index (χ2v) is 30.3. The van der Waals surface area contributed by atoms with Crippen LogP contribution in [0.3, 0.4) is 0 Å². The maximum Gasteiger partial charge on any atom is 0.392 e. The fraction of sp³-hybridized carbons (Fsp3) is 1.00. The van der Waals surface area contributed by atoms with E-state index in [1.54, 1.807) is 0 Å². The topological polar surface area (TPSA) is 6.48 Å². The van der Waals surface area contributed by atoms with Crippen LogP contribution < -0.4 is 0 Å². The minimum absolute atomic E-state index is 0.0895. The summed E-state index contributed by atoms with van der Waals surface area (Å²) in [5.74, 6) is 0. The summed E-state index contributed by atoms with van der Waals surface area (Å²) in [5, 5.41) is 0. The van der Waals surface area contributed by atoms with E-state index in [1.807, 2.05) is 0 Å². The van der Waals surface area contributed by atoms with Crippen molar-refractivity contribution in [2.75, 3.05) is 0 Å². The van der Waals surface area contributed by atoms with Crippen LogP contribution in [-0.4, -0.2) is 47.6 Å². The lowest BCUT2D eigenvalue weighted by Gasteiger charge is -2.54. The lowest BCUT2D eigenvalue weighted by Crippen LogP contribution is -2.75. The third-order valence-corrected chi connectivity index (χ3v) is 19.2. The first kappa shape index (κ1) is 21.1. The molecule has 0 aromatic carbocycles. The van der Waals surface area contributed by atoms with Crippen LogP contribution in [0.4, 0.5) is 0 Å². The highest BCUT2D eigenvalue weighted by molar-refractivity contribution is 7.21. The molecule has 0 saturated heterocycles. The first-order valence-corrected chi connectivity index (χ1v) is 21.9. The van der Waals surface area contributed by atoms with Gasteiger partial charge < -0.3 is 8.28 Å². The number of hydrogen-bond donors (Lipinski definition) is 0. The van der Waals surface area contributed by atoms with Crippen molar-refractivity contribution in [1.82, 2.24) is 8.28 Å². The van der Waals surface area contributed by atoms with Crippen molar-refractivity contribution in [3.8, 4) is 0 Å². The molecule has 0 spiro atoms. The van der Waals surface area contributed by atoms with Crippen molar-refractivity contribution in [3.05, 3.63) is 0 Å². The third kappa shape index (κ3) is 5.74. The second kappa shape index (κ2) is 6.33. The van der Waals surface area contributed by atoms with Crippen LogP contribution in [-0.2, 0) is 0 Å². The molecule has 0 unspecified atom stereocenters. The maximum atomic E-state index is 7.14. The Kier molecular flexibility index (Phi) is 6.69. The SMILES string of the molecule is C[Si](C)(C)N(B(Cl)N([Si](C)(C)C)[Si](C)(C)C)[Si](C)(C)C. The van der Waals surface area contributed by atoms with Crippen molar-refractivity contribution in [2.45, 2.75) is 78.6 Å². The molecule has 0 aliphatic heterocycles. The highest BCUT2D eigenvalue weighted by Crippen LogP contribution is 2.30. The summed E-state index contributed by atoms with van der Waals surface area (Å²) in [5.41, 5.74) is 0. The molecule has 0 atom stereocenters. The van der Waals surface area contributed by atoms with Crippen LogP contribution in [0.1, 0.15) is 0 Å². The Balaban J connectivity index is 5.81. The molecule has 0 aliphatic carbocycles. The predicted molar refractivity (Wildman–Crippen MR) is 109 cm³/mol. The molecule has 0 heterocycles. The predicted octanol–water partition coefficient (Wildman–Crippen LogP) is 5.15. The Hall–Kier alpha value is 1.14. The van der Waals surface area contributed by atoms with E-state index in [4.69, 9.17) is 11.5 Å². The first-order chi connectivity index (χ1) is 8.40. The zero-order chi connectivity index (χ0) is 16.7. The lowest BCUT2D eigenvalue weighted by atomic mass is 10.2. The van der Waals surface area contributed by atoms with Crippen LogP contribution in [0.5, 0.6) is 0 Å². The Labute approximate surface area is 137 Å². The van der Waals surface area contributed by atoms with Gasteiger partial charge in [-0.25, -0.2) is 0 Å². The fourth-order valence-electron chi connectivity index (χ4n) is 3.41. The molecule has 20 heavy (non-hydrogen) atoms. The number of hydrogen-bond acceptors (Lipinski definition) is 2. The number of rotatable bonds is 6. The molecule has 0 N–H and O–H groups in total. The van der Waals surface area contributed by atoms with Crippen LogP contribution in [0.25, 0.3) is 0 Å². The van der Waals surface area contributed by atoms with Gasteiger partial charge in [-0.2, -0.15) is 11.5 Å². The maximum absolute atomic E-state index is 7.14. The van der Waals surface area contributed by atoms with Gasteiger partial charge in [0.25, 0.3) is 0 Å². The Morgan fingerprint density at radius 2 is 0.650 bits per heavy atom. The smallest absolute Gasteiger partial charge is 0.360 e. The lowest BCUT2D eigenvalue weighted by molar-refractivity contribution is 0.820. The van der Waals surface area contributed by atoms with Crippen LogP contribution in [0, 0.1) is 0 Å². The van der Waals surface area contributed by atoms with Crippen molar-refractivity contribution >= 4 is 50.8 Å². The minimum Gasteiger partial charge on any atom is -0.360 e. The molecule has 0 rings (SSSR count). The number of halogens is 1. The minimum atomic E-state index is -1.44. The van der Waals surface area contributed by atoms with Gasteiger partial charge in [0, 0.05) is 0 Å². The standard InChI is InChI=1S/C12H36BClN2Si4/c1-17(2,3)15(18(4,5)6)13(14)16(19(7,8)9)20(10,11)12/h1-12H3. The van der Waals surface area contributed by atoms with E-state index in [0.717, 1.165) is 0 Å². The van der Waals surface area contributed by atoms with E-state index in [-0.39, 0.29) is 6.40 Å². The highest BCUT2D eigenvalue weighted by Gasteiger charge is 2.49. The van der Waals surface area contributed by atoms with E-state index in [9.17, 15) is 0 Å². The normalized spacial score (nSPS) is 15.2. The third-order valence-electron chi connectivity index (χ3n) is 3.32. The van der Waals surface area contributed by atoms with Crippen LogP contribution in [0.2, 0.25) is 78.6 Å². The Bertz CT molecular complexity index is 268. The van der Waals surface area contributed by atoms with Crippen molar-refractivity contribution in [3.63, 3.8) is 0 Å². The molecule has 0 amide bonds. The number of nitrogens with zero attached hydrogens (tertiary/aromatic N) is 2. The van der Waals surface area contributed by atoms with Gasteiger partial charge in [-0.3, -0.25) is 0 Å². The molecule has 0 radical (unpaired) electrons. The van der Waals surface area contributed by atoms with Gasteiger partial charge in [-0.15, -0.1) is 0 Å². The summed E-state index contributed by atoms with van der Waals surface area (Å²) in [6.45, 7) is 29.3. The molecule has 0 bridgehead atoms. The van der Waals surface area contributed by atoms with Crippen molar-refractivity contribution in [1.29, 1.82) is 0 Å². The van der Waals surface area contributed by atoms with Gasteiger partial charge in [0.1, 0.15) is 32.9 Å². The zero-order valence-electron chi connectivity index (χ0n) is 15.8. The fourth-order valence-corrected chi connectivity index (χ4v) is 26.5. The van der Waals surface area contributed by atoms with Gasteiger partial charge in [0.2, 0.25) is 0 Å². The molecule has 0 aliphatic rings. The monoisotopic (exact) mass is 366 g/mol. The molecule has 0 fully saturated rings. The van der Waals surface area contributed by atoms with Crippen molar-refractivity contribution < 1.29 is 0 Å². The summed E-state index contributed by atoms with van der Waals surface area (Å²) >= 11 is 7.14. The average molecular weight is 367 g/mol. The second-order valence-electron chi connectivity index (χ2n) is 9.73. The summed E-state index contributed by atoms with van der Waals surface area (Å²) in [6, 6.07) is 0. The molecule has 0 aromatic rings. The summed E-state index contributed by atoms with van der Waals surface area (Å²) in [4.78, 5) is 0. The summed E-state index contributed by atoms with van der Waals surface area (Å²) in [7, 11) is -5.76. The molecule has 8 heteroatoms. The summed E-state index contributed by atoms with van der Waals surface area (Å²) in [6.07, 6.45) is 0.0895. The average Bonchev–Trinajstić information content (AvgIpc) is 1.88. The summed E-state index contributed by atoms with van der Waals surface area (Å²) < 4.78 is 5.50. The molecular formula is C12H36BClN2Si4. The Morgan fingerprint density at radius 3 is 0.750 bits per heavy atom. The van der Waals surface area contributed by atoms with E-state index in [1.165, 1.54) is 0 Å². The van der Waals surface area contributed by atoms with E-state index >= 15 is 0 Å². The van der Waals surface area contributed by atoms with Crippen LogP contribution in [0.15, 0.2) is 0 Å². The van der Waals surface area contributed by atoms with E-state index in [2.05, 4.69) is 86.8 Å². The Morgan fingerprint density at radius 1 is 0.500 bits per heavy atom. The highest BCUT2D eigenvalue weighted by atomic mass is 35.5. The van der Waals surface area contributed by atoms with Gasteiger partial charge in [-0.1, -0.05) is 78.6 Å². The van der Waals surface area contributed by atoms with Gasteiger partial charge >= 0.3 is 6.40 Å². The van der Waals surface area contributed by atoms with Gasteiger partial charge in [0.15, 0.2) is 0 Å². The molecule has 2 nitrogen and oxygen atoms in total. The largest absolute Gasteiger partial charge is 0.392 e. The van der Waals surface area contributed by atoms with Gasteiger partial charge in [0.05, 0.1) is 0 Å². The van der Waals surface area contributed by atoms with E-state index in [0.29, 0.717) is 0 Å². The zero-order valence-corrected chi connectivity index (χ0v) is 20.6. The molecule has 120 valence electrons. The first-order valence-electron chi connectivity index (χ1n) is 7.63.